The summed E-state index contributed by atoms with van der Waals surface area (Å²) in [4.78, 5) is 22.3. The molecule has 7 heteroatoms. The minimum absolute atomic E-state index is 0.263. The van der Waals surface area contributed by atoms with E-state index < -0.39 is 35.3 Å². The van der Waals surface area contributed by atoms with Crippen LogP contribution < -0.4 is 0 Å². The summed E-state index contributed by atoms with van der Waals surface area (Å²) >= 11 is 0. The van der Waals surface area contributed by atoms with E-state index in [1.807, 2.05) is 0 Å². The molecule has 1 atom stereocenters. The molecular weight excluding hydrogens is 265 g/mol. The highest BCUT2D eigenvalue weighted by atomic mass is 19.2. The SMILES string of the molecule is O=C1C=C[C@H](OC(=O)c2cc(F)c(F)c(F)c2)OC1. The maximum Gasteiger partial charge on any atom is 0.340 e. The monoisotopic (exact) mass is 272 g/mol. The van der Waals surface area contributed by atoms with Gasteiger partial charge in [0.2, 0.25) is 6.29 Å². The summed E-state index contributed by atoms with van der Waals surface area (Å²) in [6.07, 6.45) is 1.22. The lowest BCUT2D eigenvalue weighted by molar-refractivity contribution is -0.132. The second-order valence-corrected chi connectivity index (χ2v) is 3.66. The average Bonchev–Trinajstić information content (AvgIpc) is 2.38. The molecule has 1 heterocycles. The highest BCUT2D eigenvalue weighted by molar-refractivity contribution is 5.92. The number of benzene rings is 1. The molecule has 0 saturated carbocycles. The van der Waals surface area contributed by atoms with Crippen LogP contribution in [0.1, 0.15) is 10.4 Å². The van der Waals surface area contributed by atoms with Crippen molar-refractivity contribution in [3.05, 3.63) is 47.3 Å². The van der Waals surface area contributed by atoms with Crippen molar-refractivity contribution in [3.63, 3.8) is 0 Å². The molecule has 0 aromatic heterocycles. The standard InChI is InChI=1S/C12H7F3O4/c13-8-3-6(4-9(14)11(8)15)12(17)19-10-2-1-7(16)5-18-10/h1-4,10H,5H2/t10-/m0/s1. The number of rotatable bonds is 2. The van der Waals surface area contributed by atoms with Gasteiger partial charge in [0, 0.05) is 0 Å². The molecule has 1 aromatic carbocycles. The van der Waals surface area contributed by atoms with Crippen LogP contribution in [0, 0.1) is 17.5 Å². The van der Waals surface area contributed by atoms with Gasteiger partial charge >= 0.3 is 5.97 Å². The Bertz CT molecular complexity index is 545. The average molecular weight is 272 g/mol. The first-order valence-electron chi connectivity index (χ1n) is 5.15. The largest absolute Gasteiger partial charge is 0.428 e. The molecule has 2 rings (SSSR count). The first-order chi connectivity index (χ1) is 8.97. The Kier molecular flexibility index (Phi) is 3.66. The van der Waals surface area contributed by atoms with Gasteiger partial charge in [-0.15, -0.1) is 0 Å². The zero-order valence-corrected chi connectivity index (χ0v) is 9.36. The maximum atomic E-state index is 12.9. The molecule has 0 amide bonds. The van der Waals surface area contributed by atoms with Crippen molar-refractivity contribution in [2.24, 2.45) is 0 Å². The van der Waals surface area contributed by atoms with Crippen LogP contribution in [0.15, 0.2) is 24.3 Å². The molecule has 0 saturated heterocycles. The molecule has 0 radical (unpaired) electrons. The number of halogens is 3. The van der Waals surface area contributed by atoms with Crippen LogP contribution in [0.25, 0.3) is 0 Å². The highest BCUT2D eigenvalue weighted by Crippen LogP contribution is 2.15. The van der Waals surface area contributed by atoms with E-state index >= 15 is 0 Å². The van der Waals surface area contributed by atoms with Crippen molar-refractivity contribution in [1.29, 1.82) is 0 Å². The first kappa shape index (κ1) is 13.3. The molecular formula is C12H7F3O4. The number of carbonyl (C=O) groups is 2. The minimum Gasteiger partial charge on any atom is -0.428 e. The molecule has 0 bridgehead atoms. The molecule has 100 valence electrons. The van der Waals surface area contributed by atoms with Gasteiger partial charge in [0.05, 0.1) is 5.56 Å². The second kappa shape index (κ2) is 5.23. The molecule has 0 spiro atoms. The Morgan fingerprint density at radius 3 is 2.42 bits per heavy atom. The number of carbonyl (C=O) groups excluding carboxylic acids is 2. The molecule has 4 nitrogen and oxygen atoms in total. The number of hydrogen-bond acceptors (Lipinski definition) is 4. The summed E-state index contributed by atoms with van der Waals surface area (Å²) in [5.41, 5.74) is -0.495. The zero-order chi connectivity index (χ0) is 14.0. The van der Waals surface area contributed by atoms with Gasteiger partial charge in [0.15, 0.2) is 23.2 Å². The van der Waals surface area contributed by atoms with Gasteiger partial charge < -0.3 is 9.47 Å². The third-order valence-electron chi connectivity index (χ3n) is 2.27. The van der Waals surface area contributed by atoms with Crippen LogP contribution in [0.4, 0.5) is 13.2 Å². The molecule has 0 unspecified atom stereocenters. The Balaban J connectivity index is 2.12. The third-order valence-corrected chi connectivity index (χ3v) is 2.27. The molecule has 1 aliphatic rings. The topological polar surface area (TPSA) is 52.6 Å². The van der Waals surface area contributed by atoms with Crippen molar-refractivity contribution >= 4 is 11.8 Å². The predicted molar refractivity (Wildman–Crippen MR) is 55.6 cm³/mol. The van der Waals surface area contributed by atoms with Crippen molar-refractivity contribution in [2.45, 2.75) is 6.29 Å². The van der Waals surface area contributed by atoms with Crippen molar-refractivity contribution in [2.75, 3.05) is 6.61 Å². The van der Waals surface area contributed by atoms with Crippen LogP contribution in [-0.2, 0) is 14.3 Å². The summed E-state index contributed by atoms with van der Waals surface area (Å²) in [5, 5.41) is 0. The van der Waals surface area contributed by atoms with Crippen LogP contribution >= 0.6 is 0 Å². The van der Waals surface area contributed by atoms with Gasteiger partial charge in [0.1, 0.15) is 6.61 Å². The molecule has 1 aromatic rings. The van der Waals surface area contributed by atoms with Crippen molar-refractivity contribution in [3.8, 4) is 0 Å². The molecule has 1 aliphatic heterocycles. The summed E-state index contributed by atoms with van der Waals surface area (Å²) < 4.78 is 48.1. The van der Waals surface area contributed by atoms with E-state index in [2.05, 4.69) is 0 Å². The van der Waals surface area contributed by atoms with E-state index in [4.69, 9.17) is 9.47 Å². The van der Waals surface area contributed by atoms with Gasteiger partial charge in [-0.2, -0.15) is 0 Å². The van der Waals surface area contributed by atoms with E-state index in [0.717, 1.165) is 6.08 Å². The van der Waals surface area contributed by atoms with E-state index in [0.29, 0.717) is 12.1 Å². The normalized spacial score (nSPS) is 18.5. The van der Waals surface area contributed by atoms with E-state index in [9.17, 15) is 22.8 Å². The van der Waals surface area contributed by atoms with Gasteiger partial charge in [-0.25, -0.2) is 18.0 Å². The highest BCUT2D eigenvalue weighted by Gasteiger charge is 2.21. The van der Waals surface area contributed by atoms with E-state index in [1.165, 1.54) is 6.08 Å². The number of hydrogen-bond donors (Lipinski definition) is 0. The third kappa shape index (κ3) is 3.00. The number of ether oxygens (including phenoxy) is 2. The summed E-state index contributed by atoms with van der Waals surface area (Å²) in [6.45, 7) is -0.263. The minimum atomic E-state index is -1.67. The van der Waals surface area contributed by atoms with Crippen LogP contribution in [0.3, 0.4) is 0 Å². The molecule has 0 fully saturated rings. The fourth-order valence-corrected chi connectivity index (χ4v) is 1.37. The molecule has 0 N–H and O–H groups in total. The quantitative estimate of drug-likeness (QED) is 0.608. The summed E-state index contributed by atoms with van der Waals surface area (Å²) in [6, 6.07) is 1.02. The fourth-order valence-electron chi connectivity index (χ4n) is 1.37. The molecule has 0 aliphatic carbocycles. The summed E-state index contributed by atoms with van der Waals surface area (Å²) in [5.74, 6) is -6.06. The Labute approximate surface area is 105 Å². The van der Waals surface area contributed by atoms with E-state index in [-0.39, 0.29) is 12.4 Å². The van der Waals surface area contributed by atoms with Crippen LogP contribution in [-0.4, -0.2) is 24.6 Å². The lowest BCUT2D eigenvalue weighted by atomic mass is 10.2. The molecule has 19 heavy (non-hydrogen) atoms. The van der Waals surface area contributed by atoms with Crippen molar-refractivity contribution in [1.82, 2.24) is 0 Å². The van der Waals surface area contributed by atoms with Gasteiger partial charge in [-0.1, -0.05) is 0 Å². The lowest BCUT2D eigenvalue weighted by Crippen LogP contribution is -2.26. The first-order valence-corrected chi connectivity index (χ1v) is 5.15. The van der Waals surface area contributed by atoms with Crippen LogP contribution in [0.2, 0.25) is 0 Å². The van der Waals surface area contributed by atoms with Gasteiger partial charge in [0.25, 0.3) is 0 Å². The smallest absolute Gasteiger partial charge is 0.340 e. The Morgan fingerprint density at radius 2 is 1.89 bits per heavy atom. The van der Waals surface area contributed by atoms with Crippen molar-refractivity contribution < 1.29 is 32.2 Å². The number of ketones is 1. The van der Waals surface area contributed by atoms with E-state index in [1.54, 1.807) is 0 Å². The Morgan fingerprint density at radius 1 is 1.26 bits per heavy atom. The fraction of sp³-hybridized carbons (Fsp3) is 0.167. The maximum absolute atomic E-state index is 12.9. The zero-order valence-electron chi connectivity index (χ0n) is 9.36. The predicted octanol–water partition coefficient (Wildman–Crippen LogP) is 1.74. The lowest BCUT2D eigenvalue weighted by Gasteiger charge is -2.17. The van der Waals surface area contributed by atoms with Gasteiger partial charge in [-0.05, 0) is 24.3 Å². The van der Waals surface area contributed by atoms with Gasteiger partial charge in [-0.3, -0.25) is 4.79 Å². The Hall–Kier alpha value is -2.15. The second-order valence-electron chi connectivity index (χ2n) is 3.66. The summed E-state index contributed by atoms with van der Waals surface area (Å²) in [7, 11) is 0. The number of esters is 1. The van der Waals surface area contributed by atoms with Crippen LogP contribution in [0.5, 0.6) is 0 Å².